The maximum Gasteiger partial charge on any atom is 0.253 e. The number of amides is 2. The summed E-state index contributed by atoms with van der Waals surface area (Å²) in [6.07, 6.45) is 4.65. The topological polar surface area (TPSA) is 86.7 Å². The van der Waals surface area contributed by atoms with Crippen LogP contribution in [0.4, 0.5) is 0 Å². The summed E-state index contributed by atoms with van der Waals surface area (Å²) in [5, 5.41) is 12.6. The SMILES string of the molecule is CC(C)(C)[C@H](NC(=O)C1=C(Cl)CC(O)C=C1)C(=O)N1CCC[C@H]1C=O. The number of halogens is 1. The summed E-state index contributed by atoms with van der Waals surface area (Å²) in [5.41, 5.74) is -0.282. The number of rotatable bonds is 4. The maximum absolute atomic E-state index is 13.0. The first kappa shape index (κ1) is 19.7. The number of hydrogen-bond donors (Lipinski definition) is 2. The van der Waals surface area contributed by atoms with Crippen LogP contribution >= 0.6 is 11.6 Å². The molecule has 6 nitrogen and oxygen atoms in total. The molecule has 2 aliphatic rings. The van der Waals surface area contributed by atoms with Gasteiger partial charge in [-0.2, -0.15) is 0 Å². The molecule has 2 N–H and O–H groups in total. The smallest absolute Gasteiger partial charge is 0.253 e. The molecule has 0 saturated carbocycles. The van der Waals surface area contributed by atoms with Gasteiger partial charge in [0.15, 0.2) is 0 Å². The van der Waals surface area contributed by atoms with Crippen molar-refractivity contribution >= 4 is 29.7 Å². The molecule has 1 aliphatic heterocycles. The summed E-state index contributed by atoms with van der Waals surface area (Å²) in [4.78, 5) is 38.3. The van der Waals surface area contributed by atoms with Gasteiger partial charge in [0.05, 0.1) is 17.7 Å². The van der Waals surface area contributed by atoms with Crippen LogP contribution < -0.4 is 5.32 Å². The zero-order valence-electron chi connectivity index (χ0n) is 14.8. The van der Waals surface area contributed by atoms with Gasteiger partial charge < -0.3 is 20.1 Å². The third kappa shape index (κ3) is 4.50. The van der Waals surface area contributed by atoms with E-state index in [4.69, 9.17) is 11.6 Å². The highest BCUT2D eigenvalue weighted by molar-refractivity contribution is 6.32. The monoisotopic (exact) mass is 368 g/mol. The van der Waals surface area contributed by atoms with Crippen molar-refractivity contribution in [2.24, 2.45) is 5.41 Å². The number of aldehydes is 1. The summed E-state index contributed by atoms with van der Waals surface area (Å²) in [6.45, 7) is 6.09. The van der Waals surface area contributed by atoms with Crippen LogP contribution in [0.2, 0.25) is 0 Å². The van der Waals surface area contributed by atoms with Crippen LogP contribution in [0.25, 0.3) is 0 Å². The molecule has 0 radical (unpaired) electrons. The van der Waals surface area contributed by atoms with Gasteiger partial charge in [0, 0.05) is 18.0 Å². The molecule has 0 aromatic rings. The van der Waals surface area contributed by atoms with Crippen LogP contribution in [-0.4, -0.2) is 52.8 Å². The summed E-state index contributed by atoms with van der Waals surface area (Å²) in [5.74, 6) is -0.713. The van der Waals surface area contributed by atoms with Crippen molar-refractivity contribution in [3.8, 4) is 0 Å². The summed E-state index contributed by atoms with van der Waals surface area (Å²) in [7, 11) is 0. The lowest BCUT2D eigenvalue weighted by Crippen LogP contribution is -2.56. The number of aliphatic hydroxyl groups excluding tert-OH is 1. The van der Waals surface area contributed by atoms with E-state index < -0.39 is 29.5 Å². The zero-order valence-corrected chi connectivity index (χ0v) is 15.5. The summed E-state index contributed by atoms with van der Waals surface area (Å²) in [6, 6.07) is -1.21. The van der Waals surface area contributed by atoms with Crippen molar-refractivity contribution in [3.63, 3.8) is 0 Å². The normalized spacial score (nSPS) is 25.1. The Morgan fingerprint density at radius 2 is 2.12 bits per heavy atom. The molecule has 0 aromatic carbocycles. The predicted molar refractivity (Wildman–Crippen MR) is 94.8 cm³/mol. The van der Waals surface area contributed by atoms with Crippen molar-refractivity contribution in [1.29, 1.82) is 0 Å². The molecule has 0 spiro atoms. The lowest BCUT2D eigenvalue weighted by Gasteiger charge is -2.35. The number of nitrogens with zero attached hydrogens (tertiary/aromatic N) is 1. The fourth-order valence-corrected chi connectivity index (χ4v) is 3.40. The van der Waals surface area contributed by atoms with Gasteiger partial charge in [0.1, 0.15) is 12.3 Å². The highest BCUT2D eigenvalue weighted by atomic mass is 35.5. The number of aliphatic hydroxyl groups is 1. The van der Waals surface area contributed by atoms with Gasteiger partial charge in [0.2, 0.25) is 5.91 Å². The second kappa shape index (κ2) is 7.70. The summed E-state index contributed by atoms with van der Waals surface area (Å²) >= 11 is 6.09. The van der Waals surface area contributed by atoms with Crippen molar-refractivity contribution in [2.45, 2.75) is 58.2 Å². The zero-order chi connectivity index (χ0) is 18.8. The van der Waals surface area contributed by atoms with E-state index in [2.05, 4.69) is 5.32 Å². The molecule has 1 fully saturated rings. The maximum atomic E-state index is 13.0. The Labute approximate surface area is 152 Å². The van der Waals surface area contributed by atoms with E-state index in [-0.39, 0.29) is 22.9 Å². The van der Waals surface area contributed by atoms with Crippen LogP contribution in [-0.2, 0) is 14.4 Å². The number of nitrogens with one attached hydrogen (secondary N) is 1. The standard InChI is InChI=1S/C18H25ClN2O4/c1-18(2,3)15(17(25)21-8-4-5-11(21)10-22)20-16(24)13-7-6-12(23)9-14(13)19/h6-7,10-12,15,23H,4-5,8-9H2,1-3H3,(H,20,24)/t11-,12?,15+/m0/s1. The second-order valence-electron chi connectivity index (χ2n) is 7.60. The molecule has 3 atom stereocenters. The molecular weight excluding hydrogens is 344 g/mol. The molecule has 25 heavy (non-hydrogen) atoms. The first-order chi connectivity index (χ1) is 11.6. The number of likely N-dealkylation sites (tertiary alicyclic amines) is 1. The largest absolute Gasteiger partial charge is 0.389 e. The van der Waals surface area contributed by atoms with Gasteiger partial charge in [-0.25, -0.2) is 0 Å². The van der Waals surface area contributed by atoms with Gasteiger partial charge in [-0.3, -0.25) is 9.59 Å². The van der Waals surface area contributed by atoms with E-state index in [1.54, 1.807) is 4.90 Å². The molecule has 1 saturated heterocycles. The average Bonchev–Trinajstić information content (AvgIpc) is 2.99. The van der Waals surface area contributed by atoms with Crippen LogP contribution in [0.5, 0.6) is 0 Å². The summed E-state index contributed by atoms with van der Waals surface area (Å²) < 4.78 is 0. The first-order valence-electron chi connectivity index (χ1n) is 8.46. The second-order valence-corrected chi connectivity index (χ2v) is 8.06. The van der Waals surface area contributed by atoms with E-state index in [1.807, 2.05) is 20.8 Å². The molecule has 7 heteroatoms. The average molecular weight is 369 g/mol. The lowest BCUT2D eigenvalue weighted by atomic mass is 9.85. The Hall–Kier alpha value is -1.66. The van der Waals surface area contributed by atoms with Gasteiger partial charge in [-0.15, -0.1) is 0 Å². The van der Waals surface area contributed by atoms with E-state index in [1.165, 1.54) is 12.2 Å². The highest BCUT2D eigenvalue weighted by Crippen LogP contribution is 2.27. The Morgan fingerprint density at radius 3 is 2.68 bits per heavy atom. The minimum atomic E-state index is -0.780. The van der Waals surface area contributed by atoms with Crippen molar-refractivity contribution in [1.82, 2.24) is 10.2 Å². The van der Waals surface area contributed by atoms with Gasteiger partial charge in [-0.1, -0.05) is 38.4 Å². The molecule has 2 amide bonds. The molecular formula is C18H25ClN2O4. The lowest BCUT2D eigenvalue weighted by molar-refractivity contribution is -0.140. The van der Waals surface area contributed by atoms with Crippen molar-refractivity contribution in [2.75, 3.05) is 6.54 Å². The third-order valence-corrected chi connectivity index (χ3v) is 4.90. The Kier molecular flexibility index (Phi) is 6.06. The van der Waals surface area contributed by atoms with Crippen LogP contribution in [0.15, 0.2) is 22.8 Å². The van der Waals surface area contributed by atoms with Crippen LogP contribution in [0, 0.1) is 5.41 Å². The number of carbonyl (C=O) groups excluding carboxylic acids is 3. The fraction of sp³-hybridized carbons (Fsp3) is 0.611. The Bertz CT molecular complexity index is 621. The number of hydrogen-bond acceptors (Lipinski definition) is 4. The van der Waals surface area contributed by atoms with Gasteiger partial charge in [0.25, 0.3) is 5.91 Å². The van der Waals surface area contributed by atoms with E-state index in [0.29, 0.717) is 13.0 Å². The molecule has 1 aliphatic carbocycles. The molecule has 138 valence electrons. The quantitative estimate of drug-likeness (QED) is 0.736. The fourth-order valence-electron chi connectivity index (χ4n) is 3.09. The highest BCUT2D eigenvalue weighted by Gasteiger charge is 2.40. The first-order valence-corrected chi connectivity index (χ1v) is 8.84. The molecule has 2 rings (SSSR count). The van der Waals surface area contributed by atoms with E-state index >= 15 is 0 Å². The third-order valence-electron chi connectivity index (χ3n) is 4.54. The molecule has 0 bridgehead atoms. The van der Waals surface area contributed by atoms with E-state index in [0.717, 1.165) is 12.7 Å². The van der Waals surface area contributed by atoms with Crippen molar-refractivity contribution in [3.05, 3.63) is 22.8 Å². The van der Waals surface area contributed by atoms with Crippen LogP contribution in [0.3, 0.4) is 0 Å². The minimum Gasteiger partial charge on any atom is -0.389 e. The predicted octanol–water partition coefficient (Wildman–Crippen LogP) is 1.52. The molecule has 1 heterocycles. The Morgan fingerprint density at radius 1 is 1.44 bits per heavy atom. The van der Waals surface area contributed by atoms with Crippen LogP contribution in [0.1, 0.15) is 40.0 Å². The minimum absolute atomic E-state index is 0.175. The number of carbonyl (C=O) groups is 3. The van der Waals surface area contributed by atoms with Crippen molar-refractivity contribution < 1.29 is 19.5 Å². The van der Waals surface area contributed by atoms with Gasteiger partial charge in [-0.05, 0) is 24.3 Å². The molecule has 1 unspecified atom stereocenters. The van der Waals surface area contributed by atoms with Gasteiger partial charge >= 0.3 is 0 Å². The molecule has 0 aromatic heterocycles. The van der Waals surface area contributed by atoms with E-state index in [9.17, 15) is 19.5 Å². The Balaban J connectivity index is 2.20.